The molecule has 2 heterocycles. The van der Waals surface area contributed by atoms with Crippen molar-refractivity contribution in [3.8, 4) is 5.75 Å². The molecule has 2 aromatic rings. The average Bonchev–Trinajstić information content (AvgIpc) is 3.01. The molecular weight excluding hydrogens is 535 g/mol. The molecular formula is C26H30F7N3O3. The lowest BCUT2D eigenvalue weighted by Crippen LogP contribution is -2.78. The second kappa shape index (κ2) is 8.00. The first-order chi connectivity index (χ1) is 17.9. The number of nitrogens with zero attached hydrogens (tertiary/aromatic N) is 2. The maximum absolute atomic E-state index is 14.8. The van der Waals surface area contributed by atoms with Crippen molar-refractivity contribution in [1.82, 2.24) is 15.1 Å². The molecule has 3 unspecified atom stereocenters. The van der Waals surface area contributed by atoms with E-state index in [1.807, 2.05) is 0 Å². The number of aromatic nitrogens is 2. The van der Waals surface area contributed by atoms with Crippen LogP contribution in [0.1, 0.15) is 70.4 Å². The number of hydrogen-bond acceptors (Lipinski definition) is 5. The number of nitrogens with one attached hydrogen (secondary N) is 1. The van der Waals surface area contributed by atoms with E-state index in [1.165, 1.54) is 0 Å². The Bertz CT molecular complexity index is 1290. The Balaban J connectivity index is 1.22. The lowest BCUT2D eigenvalue weighted by molar-refractivity contribution is -0.403. The molecule has 1 saturated heterocycles. The maximum atomic E-state index is 14.8. The molecule has 3 atom stereocenters. The van der Waals surface area contributed by atoms with Gasteiger partial charge in [-0.25, -0.2) is 0 Å². The minimum atomic E-state index is -4.84. The van der Waals surface area contributed by atoms with E-state index in [0.29, 0.717) is 0 Å². The first-order valence-electron chi connectivity index (χ1n) is 13.1. The minimum absolute atomic E-state index is 0.0908. The second-order valence-corrected chi connectivity index (χ2v) is 12.8. The van der Waals surface area contributed by atoms with Crippen LogP contribution < -0.4 is 10.1 Å². The van der Waals surface area contributed by atoms with Gasteiger partial charge in [0.05, 0.1) is 39.1 Å². The summed E-state index contributed by atoms with van der Waals surface area (Å²) < 4.78 is 104. The normalized spacial score (nSPS) is 40.1. The summed E-state index contributed by atoms with van der Waals surface area (Å²) in [6, 6.07) is 0.552. The van der Waals surface area contributed by atoms with Crippen LogP contribution in [-0.2, 0) is 6.18 Å². The topological polar surface area (TPSA) is 79.5 Å². The molecule has 1 aliphatic heterocycles. The van der Waals surface area contributed by atoms with Crippen LogP contribution in [0.4, 0.5) is 30.7 Å². The fourth-order valence-corrected chi connectivity index (χ4v) is 7.74. The summed E-state index contributed by atoms with van der Waals surface area (Å²) in [7, 11) is 0. The van der Waals surface area contributed by atoms with Crippen molar-refractivity contribution < 1.29 is 45.7 Å². The molecule has 4 saturated carbocycles. The van der Waals surface area contributed by atoms with Crippen molar-refractivity contribution in [1.29, 1.82) is 0 Å². The van der Waals surface area contributed by atoms with E-state index in [0.717, 1.165) is 16.8 Å². The Hall–Kier alpha value is -2.12. The number of benzene rings is 1. The van der Waals surface area contributed by atoms with Gasteiger partial charge in [0, 0.05) is 17.5 Å². The number of hydrogen-bond donors (Lipinski definition) is 3. The van der Waals surface area contributed by atoms with Crippen molar-refractivity contribution in [3.05, 3.63) is 23.6 Å². The molecule has 0 amide bonds. The fourth-order valence-electron chi connectivity index (χ4n) is 7.74. The molecule has 5 fully saturated rings. The van der Waals surface area contributed by atoms with Gasteiger partial charge in [0.2, 0.25) is 5.95 Å². The minimum Gasteiger partial charge on any atom is -0.492 e. The Morgan fingerprint density at radius 1 is 1.05 bits per heavy atom. The molecule has 13 heteroatoms. The highest BCUT2D eigenvalue weighted by molar-refractivity contribution is 5.85. The number of fused-ring (bicyclic) bond motifs is 1. The third-order valence-corrected chi connectivity index (χ3v) is 9.55. The lowest BCUT2D eigenvalue weighted by Gasteiger charge is -2.76. The van der Waals surface area contributed by atoms with Gasteiger partial charge in [0.15, 0.2) is 0 Å². The van der Waals surface area contributed by atoms with Gasteiger partial charge >= 0.3 is 12.4 Å². The zero-order valence-electron chi connectivity index (χ0n) is 21.4. The molecule has 6 nitrogen and oxygen atoms in total. The van der Waals surface area contributed by atoms with E-state index < -0.39 is 63.5 Å². The van der Waals surface area contributed by atoms with Gasteiger partial charge in [-0.05, 0) is 70.9 Å². The molecule has 39 heavy (non-hydrogen) atoms. The first kappa shape index (κ1) is 27.1. The first-order valence-corrected chi connectivity index (χ1v) is 13.1. The van der Waals surface area contributed by atoms with E-state index in [4.69, 9.17) is 4.74 Å². The number of halogens is 7. The molecule has 1 aromatic heterocycles. The van der Waals surface area contributed by atoms with Gasteiger partial charge < -0.3 is 20.3 Å². The SMILES string of the molecule is CC1CC(O)(C23CC(C(F)(F)F)(C2)C3)CC(COc2cc(C(F)(F)F)c3c(c2)c(F)nn3C2CC(C)(O)C2)N1. The second-order valence-electron chi connectivity index (χ2n) is 12.8. The third-order valence-electron chi connectivity index (χ3n) is 9.55. The van der Waals surface area contributed by atoms with Crippen LogP contribution in [0.2, 0.25) is 0 Å². The van der Waals surface area contributed by atoms with Gasteiger partial charge in [-0.15, -0.1) is 5.10 Å². The van der Waals surface area contributed by atoms with Crippen LogP contribution in [0.15, 0.2) is 12.1 Å². The van der Waals surface area contributed by atoms with Gasteiger partial charge in [-0.1, -0.05) is 0 Å². The highest BCUT2D eigenvalue weighted by atomic mass is 19.4. The van der Waals surface area contributed by atoms with Gasteiger partial charge in [0.1, 0.15) is 12.4 Å². The van der Waals surface area contributed by atoms with Crippen LogP contribution in [0.3, 0.4) is 0 Å². The summed E-state index contributed by atoms with van der Waals surface area (Å²) in [4.78, 5) is 0. The Labute approximate surface area is 219 Å². The Kier molecular flexibility index (Phi) is 5.55. The zero-order chi connectivity index (χ0) is 28.4. The average molecular weight is 566 g/mol. The monoisotopic (exact) mass is 565 g/mol. The van der Waals surface area contributed by atoms with Gasteiger partial charge in [-0.2, -0.15) is 30.7 Å². The zero-order valence-corrected chi connectivity index (χ0v) is 21.4. The van der Waals surface area contributed by atoms with Crippen LogP contribution in [0.25, 0.3) is 10.9 Å². The summed E-state index contributed by atoms with van der Waals surface area (Å²) in [5.41, 5.74) is -6.48. The predicted octanol–water partition coefficient (Wildman–Crippen LogP) is 5.26. The van der Waals surface area contributed by atoms with Gasteiger partial charge in [0.25, 0.3) is 0 Å². The molecule has 1 aromatic carbocycles. The van der Waals surface area contributed by atoms with Crippen molar-refractivity contribution >= 4 is 10.9 Å². The lowest BCUT2D eigenvalue weighted by atomic mass is 9.29. The summed E-state index contributed by atoms with van der Waals surface area (Å²) in [6.45, 7) is 3.17. The van der Waals surface area contributed by atoms with E-state index in [-0.39, 0.29) is 68.7 Å². The summed E-state index contributed by atoms with van der Waals surface area (Å²) >= 11 is 0. The largest absolute Gasteiger partial charge is 0.492 e. The van der Waals surface area contributed by atoms with E-state index in [1.54, 1.807) is 13.8 Å². The quantitative estimate of drug-likeness (QED) is 0.431. The molecule has 3 N–H and O–H groups in total. The van der Waals surface area contributed by atoms with Crippen LogP contribution in [-0.4, -0.2) is 56.1 Å². The van der Waals surface area contributed by atoms with Crippen LogP contribution >= 0.6 is 0 Å². The number of aliphatic hydroxyl groups is 2. The van der Waals surface area contributed by atoms with E-state index in [9.17, 15) is 40.9 Å². The number of piperidine rings is 1. The predicted molar refractivity (Wildman–Crippen MR) is 124 cm³/mol. The molecule has 7 rings (SSSR count). The third kappa shape index (κ3) is 4.05. The number of alkyl halides is 6. The Morgan fingerprint density at radius 2 is 1.69 bits per heavy atom. The van der Waals surface area contributed by atoms with Crippen molar-refractivity contribution in [2.45, 2.75) is 100 Å². The molecule has 216 valence electrons. The van der Waals surface area contributed by atoms with Crippen LogP contribution in [0.5, 0.6) is 5.75 Å². The Morgan fingerprint density at radius 3 is 2.26 bits per heavy atom. The highest BCUT2D eigenvalue weighted by Crippen LogP contribution is 2.82. The van der Waals surface area contributed by atoms with E-state index >= 15 is 0 Å². The van der Waals surface area contributed by atoms with Crippen LogP contribution in [0, 0.1) is 16.8 Å². The molecule has 5 aliphatic rings. The molecule has 2 bridgehead atoms. The number of rotatable bonds is 5. The smallest absolute Gasteiger partial charge is 0.418 e. The maximum Gasteiger partial charge on any atom is 0.418 e. The van der Waals surface area contributed by atoms with Crippen molar-refractivity contribution in [3.63, 3.8) is 0 Å². The molecule has 0 radical (unpaired) electrons. The summed E-state index contributed by atoms with van der Waals surface area (Å²) in [6.07, 6.45) is -8.88. The van der Waals surface area contributed by atoms with Crippen molar-refractivity contribution in [2.75, 3.05) is 6.61 Å². The molecule has 0 spiro atoms. The summed E-state index contributed by atoms with van der Waals surface area (Å²) in [5.74, 6) is -1.33. The van der Waals surface area contributed by atoms with Gasteiger partial charge in [-0.3, -0.25) is 4.68 Å². The van der Waals surface area contributed by atoms with Crippen molar-refractivity contribution in [2.24, 2.45) is 10.8 Å². The summed E-state index contributed by atoms with van der Waals surface area (Å²) in [5, 5.41) is 28.0. The molecule has 4 aliphatic carbocycles. The number of ether oxygens (including phenoxy) is 1. The highest BCUT2D eigenvalue weighted by Gasteiger charge is 2.83. The fraction of sp³-hybridized carbons (Fsp3) is 0.731. The van der Waals surface area contributed by atoms with E-state index in [2.05, 4.69) is 10.4 Å². The standard InChI is InChI=1S/C26H30F7N3O3/c1-13-5-24(38,22-10-23(11-22,12-22)26(31,32)33)6-14(34-13)9-39-16-3-17-19(18(4-16)25(28,29)30)36(35-20(17)27)15-7-21(2,37)8-15/h3-4,13-15,34,37-38H,5-12H2,1-2H3.